The Kier molecular flexibility index (Phi) is 7.35. The van der Waals surface area contributed by atoms with Crippen molar-refractivity contribution in [3.05, 3.63) is 89.7 Å². The zero-order chi connectivity index (χ0) is 25.9. The zero-order valence-corrected chi connectivity index (χ0v) is 22.3. The number of aromatic nitrogens is 1. The first kappa shape index (κ1) is 25.0. The largest absolute Gasteiger partial charge is 0.493 e. The maximum Gasteiger partial charge on any atom is 0.226 e. The Bertz CT molecular complexity index is 1200. The van der Waals surface area contributed by atoms with Gasteiger partial charge in [-0.1, -0.05) is 42.5 Å². The molecule has 0 atom stereocenters. The van der Waals surface area contributed by atoms with Crippen LogP contribution in [-0.4, -0.2) is 29.4 Å². The molecule has 4 saturated carbocycles. The van der Waals surface area contributed by atoms with E-state index in [4.69, 9.17) is 9.47 Å². The first-order chi connectivity index (χ1) is 18.7. The fourth-order valence-corrected chi connectivity index (χ4v) is 7.49. The molecule has 0 spiro atoms. The molecule has 7 rings (SSSR count). The number of ether oxygens (including phenoxy) is 2. The minimum Gasteiger partial charge on any atom is -0.493 e. The highest BCUT2D eigenvalue weighted by Crippen LogP contribution is 2.57. The third kappa shape index (κ3) is 5.43. The van der Waals surface area contributed by atoms with E-state index in [1.165, 1.54) is 32.1 Å². The van der Waals surface area contributed by atoms with Crippen molar-refractivity contribution in [1.82, 2.24) is 9.88 Å². The van der Waals surface area contributed by atoms with Crippen LogP contribution in [0.5, 0.6) is 11.5 Å². The first-order valence-corrected chi connectivity index (χ1v) is 14.2. The number of carbonyl (C=O) groups is 1. The Morgan fingerprint density at radius 2 is 1.61 bits per heavy atom. The number of methoxy groups -OCH3 is 1. The third-order valence-electron chi connectivity index (χ3n) is 9.03. The minimum atomic E-state index is 0.182. The highest BCUT2D eigenvalue weighted by atomic mass is 16.5. The summed E-state index contributed by atoms with van der Waals surface area (Å²) in [5.41, 5.74) is 3.20. The fourth-order valence-electron chi connectivity index (χ4n) is 7.49. The van der Waals surface area contributed by atoms with E-state index in [9.17, 15) is 4.79 Å². The van der Waals surface area contributed by atoms with Gasteiger partial charge in [0.25, 0.3) is 0 Å². The molecule has 4 fully saturated rings. The predicted octanol–water partition coefficient (Wildman–Crippen LogP) is 6.31. The number of amides is 1. The number of hydrogen-bond donors (Lipinski definition) is 0. The van der Waals surface area contributed by atoms with Crippen molar-refractivity contribution >= 4 is 5.91 Å². The SMILES string of the molecule is COc1cc(CN(CCc2ccccn2)C(=O)C2C3CC4CC(C3)CC2C4)ccc1OCc1ccccc1. The van der Waals surface area contributed by atoms with E-state index in [2.05, 4.69) is 28.1 Å². The topological polar surface area (TPSA) is 51.7 Å². The van der Waals surface area contributed by atoms with Gasteiger partial charge in [0, 0.05) is 37.3 Å². The van der Waals surface area contributed by atoms with E-state index in [1.54, 1.807) is 7.11 Å². The molecule has 0 radical (unpaired) electrons. The molecule has 0 unspecified atom stereocenters. The van der Waals surface area contributed by atoms with E-state index in [1.807, 2.05) is 54.7 Å². The molecular weight excluding hydrogens is 472 g/mol. The first-order valence-electron chi connectivity index (χ1n) is 14.2. The monoisotopic (exact) mass is 510 g/mol. The Balaban J connectivity index is 1.19. The van der Waals surface area contributed by atoms with E-state index < -0.39 is 0 Å². The summed E-state index contributed by atoms with van der Waals surface area (Å²) in [6, 6.07) is 22.2. The number of carbonyl (C=O) groups excluding carboxylic acids is 1. The molecule has 4 aliphatic rings. The van der Waals surface area contributed by atoms with Crippen molar-refractivity contribution < 1.29 is 14.3 Å². The van der Waals surface area contributed by atoms with Gasteiger partial charge in [0.1, 0.15) is 6.61 Å². The maximum atomic E-state index is 14.2. The summed E-state index contributed by atoms with van der Waals surface area (Å²) < 4.78 is 11.8. The summed E-state index contributed by atoms with van der Waals surface area (Å²) in [5, 5.41) is 0. The summed E-state index contributed by atoms with van der Waals surface area (Å²) in [6.45, 7) is 1.73. The molecular formula is C33H38N2O3. The molecule has 2 aromatic carbocycles. The van der Waals surface area contributed by atoms with Crippen LogP contribution in [-0.2, 0) is 24.4 Å². The van der Waals surface area contributed by atoms with Gasteiger partial charge in [0.05, 0.1) is 7.11 Å². The highest BCUT2D eigenvalue weighted by Gasteiger charge is 2.51. The lowest BCUT2D eigenvalue weighted by atomic mass is 9.51. The maximum absolute atomic E-state index is 14.2. The van der Waals surface area contributed by atoms with Gasteiger partial charge >= 0.3 is 0 Å². The molecule has 4 bridgehead atoms. The van der Waals surface area contributed by atoms with Gasteiger partial charge in [-0.15, -0.1) is 0 Å². The van der Waals surface area contributed by atoms with Crippen molar-refractivity contribution in [3.63, 3.8) is 0 Å². The van der Waals surface area contributed by atoms with Crippen LogP contribution in [0.1, 0.15) is 48.9 Å². The zero-order valence-electron chi connectivity index (χ0n) is 22.3. The standard InChI is InChI=1S/C33H38N2O3/c1-37-31-20-24(10-11-30(31)38-22-23-7-3-2-4-8-23)21-35(14-12-29-9-5-6-13-34-29)33(36)32-27-16-25-15-26(18-27)19-28(32)17-25/h2-11,13,20,25-28,32H,12,14-19,21-22H2,1H3. The second-order valence-electron chi connectivity index (χ2n) is 11.5. The van der Waals surface area contributed by atoms with Crippen molar-refractivity contribution in [2.75, 3.05) is 13.7 Å². The van der Waals surface area contributed by atoms with Crippen LogP contribution in [0, 0.1) is 29.6 Å². The lowest BCUT2D eigenvalue weighted by Gasteiger charge is -2.54. The fraction of sp³-hybridized carbons (Fsp3) is 0.455. The van der Waals surface area contributed by atoms with Gasteiger partial charge in [-0.3, -0.25) is 9.78 Å². The molecule has 0 N–H and O–H groups in total. The Labute approximate surface area is 226 Å². The second kappa shape index (κ2) is 11.2. The smallest absolute Gasteiger partial charge is 0.226 e. The number of benzene rings is 2. The molecule has 0 aliphatic heterocycles. The van der Waals surface area contributed by atoms with Crippen LogP contribution < -0.4 is 9.47 Å². The molecule has 198 valence electrons. The van der Waals surface area contributed by atoms with Crippen molar-refractivity contribution in [2.45, 2.75) is 51.7 Å². The van der Waals surface area contributed by atoms with Gasteiger partial charge in [0.2, 0.25) is 5.91 Å². The average Bonchev–Trinajstić information content (AvgIpc) is 2.95. The molecule has 3 aromatic rings. The molecule has 5 nitrogen and oxygen atoms in total. The van der Waals surface area contributed by atoms with E-state index in [-0.39, 0.29) is 5.92 Å². The Hall–Kier alpha value is -3.34. The normalized spacial score (nSPS) is 25.2. The summed E-state index contributed by atoms with van der Waals surface area (Å²) in [7, 11) is 1.67. The minimum absolute atomic E-state index is 0.182. The predicted molar refractivity (Wildman–Crippen MR) is 148 cm³/mol. The molecule has 1 aromatic heterocycles. The Morgan fingerprint density at radius 1 is 0.868 bits per heavy atom. The van der Waals surface area contributed by atoms with Crippen molar-refractivity contribution in [2.24, 2.45) is 29.6 Å². The molecule has 1 amide bonds. The lowest BCUT2D eigenvalue weighted by molar-refractivity contribution is -0.149. The molecule has 38 heavy (non-hydrogen) atoms. The van der Waals surface area contributed by atoms with Gasteiger partial charge in [-0.05, 0) is 91.2 Å². The number of rotatable bonds is 10. The number of hydrogen-bond acceptors (Lipinski definition) is 4. The summed E-state index contributed by atoms with van der Waals surface area (Å²) >= 11 is 0. The lowest BCUT2D eigenvalue weighted by Crippen LogP contribution is -2.52. The van der Waals surface area contributed by atoms with E-state index in [0.29, 0.717) is 48.9 Å². The summed E-state index contributed by atoms with van der Waals surface area (Å²) in [6.07, 6.45) is 8.98. The van der Waals surface area contributed by atoms with E-state index >= 15 is 0 Å². The second-order valence-corrected chi connectivity index (χ2v) is 11.5. The third-order valence-corrected chi connectivity index (χ3v) is 9.03. The quantitative estimate of drug-likeness (QED) is 0.321. The van der Waals surface area contributed by atoms with Crippen molar-refractivity contribution in [3.8, 4) is 11.5 Å². The van der Waals surface area contributed by atoms with Crippen LogP contribution in [0.3, 0.4) is 0 Å². The number of pyridine rings is 1. The molecule has 1 heterocycles. The van der Waals surface area contributed by atoms with Crippen LogP contribution in [0.25, 0.3) is 0 Å². The Morgan fingerprint density at radius 3 is 2.29 bits per heavy atom. The average molecular weight is 511 g/mol. The van der Waals surface area contributed by atoms with E-state index in [0.717, 1.165) is 35.1 Å². The molecule has 4 aliphatic carbocycles. The van der Waals surface area contributed by atoms with Crippen LogP contribution in [0.15, 0.2) is 72.9 Å². The van der Waals surface area contributed by atoms with Crippen LogP contribution in [0.4, 0.5) is 0 Å². The van der Waals surface area contributed by atoms with Gasteiger partial charge in [0.15, 0.2) is 11.5 Å². The van der Waals surface area contributed by atoms with Crippen molar-refractivity contribution in [1.29, 1.82) is 0 Å². The molecule has 5 heteroatoms. The summed E-state index contributed by atoms with van der Waals surface area (Å²) in [5.74, 6) is 4.80. The van der Waals surface area contributed by atoms with Crippen LogP contribution >= 0.6 is 0 Å². The van der Waals surface area contributed by atoms with Gasteiger partial charge in [-0.2, -0.15) is 0 Å². The van der Waals surface area contributed by atoms with Crippen LogP contribution in [0.2, 0.25) is 0 Å². The molecule has 0 saturated heterocycles. The summed E-state index contributed by atoms with van der Waals surface area (Å²) in [4.78, 5) is 20.8. The van der Waals surface area contributed by atoms with Gasteiger partial charge < -0.3 is 14.4 Å². The van der Waals surface area contributed by atoms with Gasteiger partial charge in [-0.25, -0.2) is 0 Å². The number of nitrogens with zero attached hydrogens (tertiary/aromatic N) is 2. The highest BCUT2D eigenvalue weighted by molar-refractivity contribution is 5.80.